The van der Waals surface area contributed by atoms with Crippen LogP contribution >= 0.6 is 0 Å². The summed E-state index contributed by atoms with van der Waals surface area (Å²) in [6.07, 6.45) is 4.51. The fourth-order valence-electron chi connectivity index (χ4n) is 2.77. The Hall–Kier alpha value is -1.82. The minimum Gasteiger partial charge on any atom is -0.376 e. The van der Waals surface area contributed by atoms with E-state index in [1.165, 1.54) is 0 Å². The first-order valence-corrected chi connectivity index (χ1v) is 9.10. The molecule has 1 atom stereocenters. The molecule has 2 heterocycles. The van der Waals surface area contributed by atoms with Crippen LogP contribution in [-0.4, -0.2) is 49.8 Å². The van der Waals surface area contributed by atoms with Gasteiger partial charge in [-0.15, -0.1) is 0 Å². The van der Waals surface area contributed by atoms with Crippen LogP contribution in [0.3, 0.4) is 0 Å². The quantitative estimate of drug-likeness (QED) is 0.564. The van der Waals surface area contributed by atoms with Crippen LogP contribution in [0.1, 0.15) is 39.2 Å². The molecule has 0 spiro atoms. The third-order valence-electron chi connectivity index (χ3n) is 4.18. The van der Waals surface area contributed by atoms with E-state index < -0.39 is 0 Å². The van der Waals surface area contributed by atoms with E-state index in [1.54, 1.807) is 0 Å². The van der Waals surface area contributed by atoms with Crippen LogP contribution in [0.4, 0.5) is 5.82 Å². The maximum absolute atomic E-state index is 5.64. The van der Waals surface area contributed by atoms with E-state index in [2.05, 4.69) is 58.4 Å². The van der Waals surface area contributed by atoms with E-state index in [9.17, 15) is 0 Å². The first-order valence-electron chi connectivity index (χ1n) is 9.10. The molecule has 2 N–H and O–H groups in total. The molecule has 0 radical (unpaired) electrons. The molecule has 1 aliphatic heterocycles. The fraction of sp³-hybridized carbons (Fsp3) is 0.667. The number of aliphatic imine (C=N–C) groups is 1. The molecule has 1 saturated heterocycles. The maximum atomic E-state index is 5.64. The molecule has 1 unspecified atom stereocenters. The Balaban J connectivity index is 1.89. The minimum atomic E-state index is 0.309. The molecule has 6 nitrogen and oxygen atoms in total. The highest BCUT2D eigenvalue weighted by atomic mass is 16.5. The number of ether oxygens (including phenoxy) is 1. The largest absolute Gasteiger partial charge is 0.376 e. The zero-order valence-corrected chi connectivity index (χ0v) is 15.2. The Labute approximate surface area is 145 Å². The highest BCUT2D eigenvalue weighted by Crippen LogP contribution is 2.12. The van der Waals surface area contributed by atoms with Crippen LogP contribution in [0, 0.1) is 0 Å². The predicted molar refractivity (Wildman–Crippen MR) is 99.6 cm³/mol. The molecular formula is C18H31N5O. The van der Waals surface area contributed by atoms with Gasteiger partial charge in [0.25, 0.3) is 0 Å². The third-order valence-corrected chi connectivity index (χ3v) is 4.18. The number of rotatable bonds is 8. The molecule has 24 heavy (non-hydrogen) atoms. The molecule has 6 heteroatoms. The summed E-state index contributed by atoms with van der Waals surface area (Å²) in [5.74, 6) is 1.86. The van der Waals surface area contributed by atoms with Crippen molar-refractivity contribution in [3.05, 3.63) is 23.9 Å². The van der Waals surface area contributed by atoms with E-state index in [1.807, 2.05) is 6.20 Å². The summed E-state index contributed by atoms with van der Waals surface area (Å²) in [7, 11) is 0. The van der Waals surface area contributed by atoms with Gasteiger partial charge in [0, 0.05) is 39.0 Å². The molecule has 1 aromatic rings. The number of pyridine rings is 1. The average molecular weight is 333 g/mol. The number of guanidine groups is 1. The number of nitrogens with zero attached hydrogens (tertiary/aromatic N) is 3. The Morgan fingerprint density at radius 1 is 1.29 bits per heavy atom. The molecular weight excluding hydrogens is 302 g/mol. The number of nitrogens with one attached hydrogen (secondary N) is 2. The lowest BCUT2D eigenvalue weighted by Crippen LogP contribution is -2.41. The monoisotopic (exact) mass is 333 g/mol. The van der Waals surface area contributed by atoms with Crippen molar-refractivity contribution in [3.63, 3.8) is 0 Å². The minimum absolute atomic E-state index is 0.309. The molecule has 1 aliphatic rings. The van der Waals surface area contributed by atoms with E-state index in [0.29, 0.717) is 12.6 Å². The molecule has 0 saturated carbocycles. The van der Waals surface area contributed by atoms with Gasteiger partial charge in [-0.25, -0.2) is 9.98 Å². The van der Waals surface area contributed by atoms with Crippen molar-refractivity contribution < 1.29 is 4.74 Å². The number of hydrogen-bond acceptors (Lipinski definition) is 4. The van der Waals surface area contributed by atoms with Crippen molar-refractivity contribution in [1.82, 2.24) is 15.6 Å². The standard InChI is InChI=1S/C18H31N5O/c1-4-19-18(22-14-16-8-7-11-24-16)21-13-15-9-10-17(20-12-15)23(5-2)6-3/h9-10,12,16H,4-8,11,13-14H2,1-3H3,(H2,19,21,22). The Morgan fingerprint density at radius 2 is 2.12 bits per heavy atom. The fourth-order valence-corrected chi connectivity index (χ4v) is 2.77. The first-order chi connectivity index (χ1) is 11.8. The second-order valence-electron chi connectivity index (χ2n) is 5.91. The van der Waals surface area contributed by atoms with Crippen molar-refractivity contribution in [2.24, 2.45) is 4.99 Å². The van der Waals surface area contributed by atoms with Crippen LogP contribution in [-0.2, 0) is 11.3 Å². The van der Waals surface area contributed by atoms with Crippen LogP contribution in [0.25, 0.3) is 0 Å². The van der Waals surface area contributed by atoms with E-state index in [4.69, 9.17) is 4.74 Å². The van der Waals surface area contributed by atoms with Crippen molar-refractivity contribution in [2.45, 2.75) is 46.3 Å². The Kier molecular flexibility index (Phi) is 7.82. The summed E-state index contributed by atoms with van der Waals surface area (Å²) in [5, 5.41) is 6.65. The molecule has 0 aliphatic carbocycles. The lowest BCUT2D eigenvalue weighted by Gasteiger charge is -2.19. The van der Waals surface area contributed by atoms with Gasteiger partial charge in [-0.05, 0) is 45.2 Å². The summed E-state index contributed by atoms with van der Waals surface area (Å²) in [4.78, 5) is 11.4. The second kappa shape index (κ2) is 10.1. The van der Waals surface area contributed by atoms with Crippen LogP contribution in [0.5, 0.6) is 0 Å². The maximum Gasteiger partial charge on any atom is 0.191 e. The summed E-state index contributed by atoms with van der Waals surface area (Å²) < 4.78 is 5.64. The van der Waals surface area contributed by atoms with Gasteiger partial charge < -0.3 is 20.3 Å². The number of anilines is 1. The first kappa shape index (κ1) is 18.5. The van der Waals surface area contributed by atoms with Gasteiger partial charge >= 0.3 is 0 Å². The Bertz CT molecular complexity index is 493. The van der Waals surface area contributed by atoms with Crippen molar-refractivity contribution in [1.29, 1.82) is 0 Å². The van der Waals surface area contributed by atoms with Gasteiger partial charge in [-0.2, -0.15) is 0 Å². The summed E-state index contributed by atoms with van der Waals surface area (Å²) in [6, 6.07) is 4.18. The molecule has 1 aromatic heterocycles. The lowest BCUT2D eigenvalue weighted by atomic mass is 10.2. The number of aromatic nitrogens is 1. The van der Waals surface area contributed by atoms with Crippen molar-refractivity contribution in [2.75, 3.05) is 37.7 Å². The highest BCUT2D eigenvalue weighted by molar-refractivity contribution is 5.79. The normalized spacial score (nSPS) is 17.8. The van der Waals surface area contributed by atoms with E-state index in [0.717, 1.165) is 63.0 Å². The highest BCUT2D eigenvalue weighted by Gasteiger charge is 2.15. The van der Waals surface area contributed by atoms with Gasteiger partial charge in [-0.3, -0.25) is 0 Å². The molecule has 2 rings (SSSR count). The van der Waals surface area contributed by atoms with Crippen LogP contribution < -0.4 is 15.5 Å². The van der Waals surface area contributed by atoms with Crippen molar-refractivity contribution >= 4 is 11.8 Å². The third kappa shape index (κ3) is 5.67. The SMILES string of the molecule is CCNC(=NCc1ccc(N(CC)CC)nc1)NCC1CCCO1. The van der Waals surface area contributed by atoms with Crippen LogP contribution in [0.2, 0.25) is 0 Å². The smallest absolute Gasteiger partial charge is 0.191 e. The van der Waals surface area contributed by atoms with Gasteiger partial charge in [0.2, 0.25) is 0 Å². The lowest BCUT2D eigenvalue weighted by molar-refractivity contribution is 0.114. The van der Waals surface area contributed by atoms with Crippen LogP contribution in [0.15, 0.2) is 23.3 Å². The molecule has 0 amide bonds. The van der Waals surface area contributed by atoms with E-state index in [-0.39, 0.29) is 0 Å². The summed E-state index contributed by atoms with van der Waals surface area (Å²) in [6.45, 7) is 11.5. The molecule has 0 bridgehead atoms. The van der Waals surface area contributed by atoms with Gasteiger partial charge in [-0.1, -0.05) is 6.07 Å². The molecule has 1 fully saturated rings. The second-order valence-corrected chi connectivity index (χ2v) is 5.91. The Morgan fingerprint density at radius 3 is 2.71 bits per heavy atom. The van der Waals surface area contributed by atoms with Gasteiger partial charge in [0.1, 0.15) is 5.82 Å². The van der Waals surface area contributed by atoms with Gasteiger partial charge in [0.05, 0.1) is 12.6 Å². The van der Waals surface area contributed by atoms with E-state index >= 15 is 0 Å². The topological polar surface area (TPSA) is 61.8 Å². The van der Waals surface area contributed by atoms with Crippen molar-refractivity contribution in [3.8, 4) is 0 Å². The van der Waals surface area contributed by atoms with Gasteiger partial charge in [0.15, 0.2) is 5.96 Å². The molecule has 0 aromatic carbocycles. The number of hydrogen-bond donors (Lipinski definition) is 2. The zero-order chi connectivity index (χ0) is 17.2. The summed E-state index contributed by atoms with van der Waals surface area (Å²) in [5.41, 5.74) is 1.11. The zero-order valence-electron chi connectivity index (χ0n) is 15.2. The average Bonchev–Trinajstić information content (AvgIpc) is 3.13. The summed E-state index contributed by atoms with van der Waals surface area (Å²) >= 11 is 0. The molecule has 134 valence electrons. The predicted octanol–water partition coefficient (Wildman–Crippen LogP) is 2.16.